The average Bonchev–Trinajstić information content (AvgIpc) is 2.77. The minimum Gasteiger partial charge on any atom is -0.253 e. The molecule has 2 rings (SSSR count). The van der Waals surface area contributed by atoms with E-state index in [1.54, 1.807) is 0 Å². The number of aryl methyl sites for hydroxylation is 1. The van der Waals surface area contributed by atoms with Gasteiger partial charge in [0.1, 0.15) is 5.01 Å². The molecule has 0 aliphatic rings. The number of halogens is 1. The number of hydrogen-bond acceptors (Lipinski definition) is 5. The smallest absolute Gasteiger partial charge is 0.253 e. The highest BCUT2D eigenvalue weighted by molar-refractivity contribution is 7.93. The summed E-state index contributed by atoms with van der Waals surface area (Å²) in [6.45, 7) is 2.03. The molecule has 1 aromatic heterocycles. The molecule has 0 unspecified atom stereocenters. The van der Waals surface area contributed by atoms with Gasteiger partial charge in [0.2, 0.25) is 5.13 Å². The van der Waals surface area contributed by atoms with Gasteiger partial charge in [-0.25, -0.2) is 8.42 Å². The van der Waals surface area contributed by atoms with Crippen LogP contribution in [0.15, 0.2) is 29.2 Å². The lowest BCUT2D eigenvalue weighted by atomic mass is 10.4. The van der Waals surface area contributed by atoms with Crippen LogP contribution < -0.4 is 4.72 Å². The van der Waals surface area contributed by atoms with Gasteiger partial charge < -0.3 is 0 Å². The van der Waals surface area contributed by atoms with Crippen molar-refractivity contribution in [2.45, 2.75) is 24.7 Å². The molecule has 0 fully saturated rings. The van der Waals surface area contributed by atoms with E-state index in [9.17, 15) is 8.42 Å². The minimum atomic E-state index is -3.63. The Balaban J connectivity index is 2.18. The fourth-order valence-corrected chi connectivity index (χ4v) is 3.59. The van der Waals surface area contributed by atoms with Crippen LogP contribution in [0.4, 0.5) is 5.13 Å². The van der Waals surface area contributed by atoms with E-state index >= 15 is 0 Å². The Morgan fingerprint density at radius 2 is 1.95 bits per heavy atom. The van der Waals surface area contributed by atoms with Gasteiger partial charge in [0.25, 0.3) is 10.0 Å². The Labute approximate surface area is 120 Å². The van der Waals surface area contributed by atoms with Gasteiger partial charge >= 0.3 is 0 Å². The first-order valence-corrected chi connectivity index (χ1v) is 8.30. The summed E-state index contributed by atoms with van der Waals surface area (Å²) in [5.41, 5.74) is 0. The van der Waals surface area contributed by atoms with E-state index < -0.39 is 10.0 Å². The van der Waals surface area contributed by atoms with Crippen LogP contribution in [0.25, 0.3) is 0 Å². The molecule has 0 radical (unpaired) electrons. The highest BCUT2D eigenvalue weighted by Crippen LogP contribution is 2.21. The summed E-state index contributed by atoms with van der Waals surface area (Å²) in [6.07, 6.45) is 1.74. The van der Waals surface area contributed by atoms with E-state index in [2.05, 4.69) is 14.9 Å². The molecule has 102 valence electrons. The van der Waals surface area contributed by atoms with Crippen molar-refractivity contribution in [1.82, 2.24) is 10.2 Å². The molecule has 0 aliphatic carbocycles. The molecule has 0 saturated heterocycles. The van der Waals surface area contributed by atoms with Gasteiger partial charge in [-0.1, -0.05) is 29.9 Å². The average molecular weight is 318 g/mol. The van der Waals surface area contributed by atoms with E-state index in [1.807, 2.05) is 6.92 Å². The van der Waals surface area contributed by atoms with Gasteiger partial charge in [-0.15, -0.1) is 10.2 Å². The number of anilines is 1. The normalized spacial score (nSPS) is 11.5. The van der Waals surface area contributed by atoms with Gasteiger partial charge in [0.05, 0.1) is 4.90 Å². The van der Waals surface area contributed by atoms with Crippen molar-refractivity contribution in [3.05, 3.63) is 34.3 Å². The van der Waals surface area contributed by atoms with Crippen molar-refractivity contribution < 1.29 is 8.42 Å². The topological polar surface area (TPSA) is 72.0 Å². The van der Waals surface area contributed by atoms with Crippen LogP contribution >= 0.6 is 22.9 Å². The van der Waals surface area contributed by atoms with Gasteiger partial charge in [-0.2, -0.15) is 0 Å². The number of nitrogens with one attached hydrogen (secondary N) is 1. The largest absolute Gasteiger partial charge is 0.263 e. The Hall–Kier alpha value is -1.18. The molecule has 1 heterocycles. The first-order chi connectivity index (χ1) is 9.01. The number of rotatable bonds is 5. The number of hydrogen-bond donors (Lipinski definition) is 1. The van der Waals surface area contributed by atoms with E-state index in [-0.39, 0.29) is 10.0 Å². The van der Waals surface area contributed by atoms with Gasteiger partial charge in [0.15, 0.2) is 0 Å². The predicted molar refractivity (Wildman–Crippen MR) is 76.2 cm³/mol. The SMILES string of the molecule is CCCc1nnc(NS(=O)(=O)c2ccc(Cl)cc2)s1. The Morgan fingerprint density at radius 3 is 2.58 bits per heavy atom. The maximum absolute atomic E-state index is 12.1. The summed E-state index contributed by atoms with van der Waals surface area (Å²) < 4.78 is 26.5. The number of aromatic nitrogens is 2. The molecule has 1 aromatic carbocycles. The van der Waals surface area contributed by atoms with E-state index in [0.29, 0.717) is 5.02 Å². The van der Waals surface area contributed by atoms with Gasteiger partial charge in [-0.3, -0.25) is 4.72 Å². The summed E-state index contributed by atoms with van der Waals surface area (Å²) in [6, 6.07) is 5.94. The summed E-state index contributed by atoms with van der Waals surface area (Å²) in [5, 5.41) is 9.31. The van der Waals surface area contributed by atoms with Crippen molar-refractivity contribution in [1.29, 1.82) is 0 Å². The third kappa shape index (κ3) is 3.65. The first-order valence-electron chi connectivity index (χ1n) is 5.62. The molecule has 0 spiro atoms. The minimum absolute atomic E-state index is 0.143. The lowest BCUT2D eigenvalue weighted by molar-refractivity contribution is 0.601. The Bertz CT molecular complexity index is 653. The number of sulfonamides is 1. The summed E-state index contributed by atoms with van der Waals surface area (Å²) in [5.74, 6) is 0. The molecule has 0 aliphatic heterocycles. The zero-order valence-electron chi connectivity index (χ0n) is 10.1. The number of benzene rings is 1. The standard InChI is InChI=1S/C11H12ClN3O2S2/c1-2-3-10-13-14-11(18-10)15-19(16,17)9-6-4-8(12)5-7-9/h4-7H,2-3H2,1H3,(H,14,15). The van der Waals surface area contributed by atoms with E-state index in [0.717, 1.165) is 17.8 Å². The van der Waals surface area contributed by atoms with Crippen molar-refractivity contribution in [3.63, 3.8) is 0 Å². The fraction of sp³-hybridized carbons (Fsp3) is 0.273. The molecule has 1 N–H and O–H groups in total. The fourth-order valence-electron chi connectivity index (χ4n) is 1.40. The van der Waals surface area contributed by atoms with Crippen molar-refractivity contribution in [2.24, 2.45) is 0 Å². The Morgan fingerprint density at radius 1 is 1.26 bits per heavy atom. The summed E-state index contributed by atoms with van der Waals surface area (Å²) >= 11 is 6.97. The van der Waals surface area contributed by atoms with Crippen LogP contribution in [-0.2, 0) is 16.4 Å². The molecule has 2 aromatic rings. The molecule has 8 heteroatoms. The molecule has 0 bridgehead atoms. The lowest BCUT2D eigenvalue weighted by Gasteiger charge is -2.04. The monoisotopic (exact) mass is 317 g/mol. The van der Waals surface area contributed by atoms with Crippen LogP contribution in [0.2, 0.25) is 5.02 Å². The highest BCUT2D eigenvalue weighted by Gasteiger charge is 2.16. The number of nitrogens with zero attached hydrogens (tertiary/aromatic N) is 2. The lowest BCUT2D eigenvalue weighted by Crippen LogP contribution is -2.12. The van der Waals surface area contributed by atoms with Crippen LogP contribution in [0.3, 0.4) is 0 Å². The maximum Gasteiger partial charge on any atom is 0.263 e. The molecular formula is C11H12ClN3O2S2. The van der Waals surface area contributed by atoms with Gasteiger partial charge in [0, 0.05) is 11.4 Å². The second kappa shape index (κ2) is 5.85. The zero-order valence-corrected chi connectivity index (χ0v) is 12.5. The predicted octanol–water partition coefficient (Wildman–Crippen LogP) is 2.94. The van der Waals surface area contributed by atoms with E-state index in [1.165, 1.54) is 35.6 Å². The summed E-state index contributed by atoms with van der Waals surface area (Å²) in [7, 11) is -3.63. The van der Waals surface area contributed by atoms with Gasteiger partial charge in [-0.05, 0) is 30.7 Å². The molecule has 0 atom stereocenters. The van der Waals surface area contributed by atoms with E-state index in [4.69, 9.17) is 11.6 Å². The van der Waals surface area contributed by atoms with Crippen LogP contribution in [-0.4, -0.2) is 18.6 Å². The summed E-state index contributed by atoms with van der Waals surface area (Å²) in [4.78, 5) is 0.143. The molecular weight excluding hydrogens is 306 g/mol. The van der Waals surface area contributed by atoms with Crippen LogP contribution in [0, 0.1) is 0 Å². The zero-order chi connectivity index (χ0) is 13.9. The second-order valence-electron chi connectivity index (χ2n) is 3.81. The quantitative estimate of drug-likeness (QED) is 0.920. The van der Waals surface area contributed by atoms with Crippen molar-refractivity contribution in [2.75, 3.05) is 4.72 Å². The third-order valence-corrected chi connectivity index (χ3v) is 4.91. The van der Waals surface area contributed by atoms with Crippen molar-refractivity contribution in [3.8, 4) is 0 Å². The highest BCUT2D eigenvalue weighted by atomic mass is 35.5. The molecule has 0 amide bonds. The molecule has 19 heavy (non-hydrogen) atoms. The third-order valence-electron chi connectivity index (χ3n) is 2.28. The Kier molecular flexibility index (Phi) is 4.38. The second-order valence-corrected chi connectivity index (χ2v) is 6.99. The first kappa shape index (κ1) is 14.2. The van der Waals surface area contributed by atoms with Crippen LogP contribution in [0.5, 0.6) is 0 Å². The molecule has 5 nitrogen and oxygen atoms in total. The molecule has 0 saturated carbocycles. The van der Waals surface area contributed by atoms with Crippen LogP contribution in [0.1, 0.15) is 18.4 Å². The van der Waals surface area contributed by atoms with Crippen molar-refractivity contribution >= 4 is 38.1 Å². The maximum atomic E-state index is 12.1.